The molecule has 0 N–H and O–H groups in total. The Bertz CT molecular complexity index is 742. The second kappa shape index (κ2) is 7.40. The van der Waals surface area contributed by atoms with E-state index in [-0.39, 0.29) is 11.0 Å². The van der Waals surface area contributed by atoms with Gasteiger partial charge in [-0.1, -0.05) is 18.4 Å². The Morgan fingerprint density at radius 3 is 2.61 bits per heavy atom. The fourth-order valence-electron chi connectivity index (χ4n) is 7.68. The molecule has 0 aliphatic heterocycles. The third-order valence-electron chi connectivity index (χ3n) is 8.48. The first kappa shape index (κ1) is 20.9. The van der Waals surface area contributed by atoms with E-state index in [1.54, 1.807) is 0 Å². The minimum absolute atomic E-state index is 0.195. The van der Waals surface area contributed by atoms with Crippen molar-refractivity contribution in [2.24, 2.45) is 29.1 Å². The molecule has 0 aromatic rings. The first-order chi connectivity index (χ1) is 13.3. The SMILES string of the molecule is CC[C@]12CC[C@H]3[C@@H](CCC4=CC(=O)CC[C@@H]43)[C@@H]1CC[C@]2(C#CBr)O[Si](C)(C)C. The van der Waals surface area contributed by atoms with Crippen LogP contribution in [0.15, 0.2) is 11.6 Å². The van der Waals surface area contributed by atoms with E-state index < -0.39 is 8.32 Å². The zero-order chi connectivity index (χ0) is 20.2. The van der Waals surface area contributed by atoms with Crippen LogP contribution in [0.4, 0.5) is 0 Å². The van der Waals surface area contributed by atoms with Gasteiger partial charge in [-0.2, -0.15) is 0 Å². The van der Waals surface area contributed by atoms with Crippen molar-refractivity contribution in [2.45, 2.75) is 90.0 Å². The van der Waals surface area contributed by atoms with Crippen LogP contribution in [0.3, 0.4) is 0 Å². The third-order valence-corrected chi connectivity index (χ3v) is 9.64. The molecule has 28 heavy (non-hydrogen) atoms. The van der Waals surface area contributed by atoms with Gasteiger partial charge in [-0.15, -0.1) is 0 Å². The second-order valence-electron chi connectivity index (χ2n) is 10.7. The van der Waals surface area contributed by atoms with Crippen molar-refractivity contribution < 1.29 is 9.22 Å². The zero-order valence-corrected chi connectivity index (χ0v) is 20.5. The van der Waals surface area contributed by atoms with Crippen LogP contribution in [0.2, 0.25) is 19.6 Å². The topological polar surface area (TPSA) is 26.3 Å². The molecule has 3 saturated carbocycles. The average molecular weight is 464 g/mol. The molecule has 154 valence electrons. The fraction of sp³-hybridized carbons (Fsp3) is 0.792. The van der Waals surface area contributed by atoms with E-state index >= 15 is 0 Å². The minimum atomic E-state index is -1.72. The number of hydrogen-bond donors (Lipinski definition) is 0. The molecule has 0 bridgehead atoms. The van der Waals surface area contributed by atoms with Crippen molar-refractivity contribution in [1.29, 1.82) is 0 Å². The van der Waals surface area contributed by atoms with Crippen molar-refractivity contribution >= 4 is 30.0 Å². The van der Waals surface area contributed by atoms with E-state index in [2.05, 4.69) is 53.2 Å². The molecule has 0 radical (unpaired) electrons. The summed E-state index contributed by atoms with van der Waals surface area (Å²) >= 11 is 3.43. The van der Waals surface area contributed by atoms with E-state index in [9.17, 15) is 4.79 Å². The average Bonchev–Trinajstić information content (AvgIpc) is 2.94. The molecular weight excluding hydrogens is 428 g/mol. The van der Waals surface area contributed by atoms with Gasteiger partial charge in [-0.05, 0) is 106 Å². The monoisotopic (exact) mass is 462 g/mol. The van der Waals surface area contributed by atoms with Gasteiger partial charge in [0.15, 0.2) is 14.1 Å². The van der Waals surface area contributed by atoms with Gasteiger partial charge in [0.1, 0.15) is 5.60 Å². The van der Waals surface area contributed by atoms with Crippen molar-refractivity contribution in [3.8, 4) is 10.8 Å². The van der Waals surface area contributed by atoms with E-state index in [1.165, 1.54) is 37.7 Å². The Morgan fingerprint density at radius 2 is 1.93 bits per heavy atom. The molecule has 3 fully saturated rings. The highest BCUT2D eigenvalue weighted by Crippen LogP contribution is 2.67. The van der Waals surface area contributed by atoms with Gasteiger partial charge in [-0.3, -0.25) is 4.79 Å². The van der Waals surface area contributed by atoms with Crippen molar-refractivity contribution in [3.05, 3.63) is 11.6 Å². The van der Waals surface area contributed by atoms with Crippen LogP contribution in [0.1, 0.15) is 64.7 Å². The van der Waals surface area contributed by atoms with Gasteiger partial charge >= 0.3 is 0 Å². The lowest BCUT2D eigenvalue weighted by atomic mass is 9.49. The maximum atomic E-state index is 11.9. The molecule has 4 heteroatoms. The number of carbonyl (C=O) groups excluding carboxylic acids is 1. The van der Waals surface area contributed by atoms with Crippen molar-refractivity contribution in [1.82, 2.24) is 0 Å². The molecule has 0 unspecified atom stereocenters. The highest BCUT2D eigenvalue weighted by Gasteiger charge is 2.65. The van der Waals surface area contributed by atoms with E-state index in [1.807, 2.05) is 6.08 Å². The fourth-order valence-corrected chi connectivity index (χ4v) is 9.41. The number of fused-ring (bicyclic) bond motifs is 5. The molecule has 0 amide bonds. The molecule has 0 spiro atoms. The van der Waals surface area contributed by atoms with Gasteiger partial charge in [0.05, 0.1) is 0 Å². The quantitative estimate of drug-likeness (QED) is 0.354. The van der Waals surface area contributed by atoms with E-state index in [4.69, 9.17) is 4.43 Å². The zero-order valence-electron chi connectivity index (χ0n) is 17.9. The Balaban J connectivity index is 1.69. The van der Waals surface area contributed by atoms with Gasteiger partial charge < -0.3 is 4.43 Å². The predicted octanol–water partition coefficient (Wildman–Crippen LogP) is 6.46. The molecule has 0 aromatic carbocycles. The van der Waals surface area contributed by atoms with Crippen LogP contribution in [0.25, 0.3) is 0 Å². The normalized spacial score (nSPS) is 42.6. The molecule has 4 aliphatic carbocycles. The summed E-state index contributed by atoms with van der Waals surface area (Å²) in [5.41, 5.74) is 1.40. The Labute approximate surface area is 180 Å². The highest BCUT2D eigenvalue weighted by atomic mass is 79.9. The van der Waals surface area contributed by atoms with E-state index in [0.717, 1.165) is 43.4 Å². The van der Waals surface area contributed by atoms with Gasteiger partial charge in [-0.25, -0.2) is 0 Å². The standard InChI is InChI=1S/C24H35BrO2Si/c1-5-23-12-10-20-19-9-7-18(26)16-17(19)6-8-21(20)22(23)11-13-24(23,14-15-25)27-28(2,3)4/h16,19-22H,5-13H2,1-4H3/t19-,20+,21+,22-,23-,24+/m0/s1. The lowest BCUT2D eigenvalue weighted by Crippen LogP contribution is -2.57. The molecule has 0 aromatic heterocycles. The summed E-state index contributed by atoms with van der Waals surface area (Å²) in [5, 5.41) is 0. The smallest absolute Gasteiger partial charge is 0.185 e. The Kier molecular flexibility index (Phi) is 5.52. The lowest BCUT2D eigenvalue weighted by Gasteiger charge is -2.57. The number of hydrogen-bond acceptors (Lipinski definition) is 2. The molecule has 0 heterocycles. The van der Waals surface area contributed by atoms with Crippen molar-refractivity contribution in [2.75, 3.05) is 0 Å². The predicted molar refractivity (Wildman–Crippen MR) is 121 cm³/mol. The molecule has 2 nitrogen and oxygen atoms in total. The summed E-state index contributed by atoms with van der Waals surface area (Å²) < 4.78 is 6.97. The van der Waals surface area contributed by atoms with Crippen LogP contribution >= 0.6 is 15.9 Å². The molecular formula is C24H35BrO2Si. The van der Waals surface area contributed by atoms with Gasteiger partial charge in [0.2, 0.25) is 0 Å². The molecule has 6 atom stereocenters. The molecule has 0 saturated heterocycles. The van der Waals surface area contributed by atoms with Crippen LogP contribution in [-0.4, -0.2) is 19.7 Å². The molecule has 4 rings (SSSR count). The highest BCUT2D eigenvalue weighted by molar-refractivity contribution is 9.12. The summed E-state index contributed by atoms with van der Waals surface area (Å²) in [6.07, 6.45) is 12.3. The minimum Gasteiger partial charge on any atom is -0.401 e. The summed E-state index contributed by atoms with van der Waals surface area (Å²) in [4.78, 5) is 15.0. The maximum absolute atomic E-state index is 11.9. The van der Waals surface area contributed by atoms with Crippen LogP contribution < -0.4 is 0 Å². The number of carbonyl (C=O) groups is 1. The van der Waals surface area contributed by atoms with Crippen molar-refractivity contribution in [3.63, 3.8) is 0 Å². The van der Waals surface area contributed by atoms with Crippen LogP contribution in [0.5, 0.6) is 0 Å². The largest absolute Gasteiger partial charge is 0.401 e. The number of allylic oxidation sites excluding steroid dienone is 1. The Hall–Kier alpha value is -0.373. The number of ketones is 1. The number of rotatable bonds is 3. The maximum Gasteiger partial charge on any atom is 0.185 e. The number of halogens is 1. The summed E-state index contributed by atoms with van der Waals surface area (Å²) in [6, 6.07) is 0. The van der Waals surface area contributed by atoms with Crippen LogP contribution in [-0.2, 0) is 9.22 Å². The van der Waals surface area contributed by atoms with Gasteiger partial charge in [0, 0.05) is 27.8 Å². The third kappa shape index (κ3) is 3.21. The summed E-state index contributed by atoms with van der Waals surface area (Å²) in [7, 11) is -1.72. The first-order valence-electron chi connectivity index (χ1n) is 11.3. The van der Waals surface area contributed by atoms with Crippen LogP contribution in [0, 0.1) is 39.8 Å². The van der Waals surface area contributed by atoms with E-state index in [0.29, 0.717) is 11.7 Å². The summed E-state index contributed by atoms with van der Waals surface area (Å²) in [6.45, 7) is 9.31. The molecule has 4 aliphatic rings. The lowest BCUT2D eigenvalue weighted by molar-refractivity contribution is -0.116. The second-order valence-corrected chi connectivity index (χ2v) is 15.5. The first-order valence-corrected chi connectivity index (χ1v) is 15.5. The van der Waals surface area contributed by atoms with Gasteiger partial charge in [0.25, 0.3) is 0 Å². The summed E-state index contributed by atoms with van der Waals surface area (Å²) in [5.74, 6) is 6.90. The Morgan fingerprint density at radius 1 is 1.14 bits per heavy atom.